The quantitative estimate of drug-likeness (QED) is 0.823. The molecular weight excluding hydrogens is 224 g/mol. The molecule has 0 N–H and O–H groups in total. The normalized spacial score (nSPS) is 10.1. The summed E-state index contributed by atoms with van der Waals surface area (Å²) in [5.41, 5.74) is 2.01. The van der Waals surface area contributed by atoms with Gasteiger partial charge in [-0.2, -0.15) is 0 Å². The van der Waals surface area contributed by atoms with Crippen LogP contribution in [0.5, 0.6) is 0 Å². The van der Waals surface area contributed by atoms with E-state index in [2.05, 4.69) is 4.98 Å². The predicted octanol–water partition coefficient (Wildman–Crippen LogP) is 3.02. The molecule has 1 heterocycles. The maximum absolute atomic E-state index is 12.0. The molecule has 0 aliphatic carbocycles. The zero-order chi connectivity index (χ0) is 12.8. The van der Waals surface area contributed by atoms with E-state index >= 15 is 0 Å². The lowest BCUT2D eigenvalue weighted by molar-refractivity contribution is -0.118. The summed E-state index contributed by atoms with van der Waals surface area (Å²) in [6, 6.07) is 13.7. The van der Waals surface area contributed by atoms with Gasteiger partial charge in [-0.15, -0.1) is 0 Å². The van der Waals surface area contributed by atoms with Crippen molar-refractivity contribution in [3.8, 4) is 0 Å². The molecule has 0 fully saturated rings. The van der Waals surface area contributed by atoms with Crippen molar-refractivity contribution in [1.29, 1.82) is 0 Å². The van der Waals surface area contributed by atoms with Gasteiger partial charge in [0.2, 0.25) is 5.91 Å². The zero-order valence-corrected chi connectivity index (χ0v) is 10.4. The number of benzene rings is 1. The van der Waals surface area contributed by atoms with Crippen LogP contribution in [-0.4, -0.2) is 10.9 Å². The van der Waals surface area contributed by atoms with E-state index in [1.165, 1.54) is 0 Å². The van der Waals surface area contributed by atoms with Crippen LogP contribution in [0.15, 0.2) is 54.9 Å². The Kier molecular flexibility index (Phi) is 4.07. The topological polar surface area (TPSA) is 33.2 Å². The number of amides is 1. The van der Waals surface area contributed by atoms with Gasteiger partial charge >= 0.3 is 0 Å². The molecule has 0 bridgehead atoms. The monoisotopic (exact) mass is 240 g/mol. The lowest BCUT2D eigenvalue weighted by Crippen LogP contribution is -2.29. The maximum atomic E-state index is 12.0. The van der Waals surface area contributed by atoms with Gasteiger partial charge in [-0.25, -0.2) is 0 Å². The maximum Gasteiger partial charge on any atom is 0.227 e. The second-order valence-corrected chi connectivity index (χ2v) is 4.02. The standard InChI is InChI=1S/C15H16N2O/c1-2-15(18)17(14-8-10-16-11-9-14)12-13-6-4-3-5-7-13/h3-11H,2,12H2,1H3. The summed E-state index contributed by atoms with van der Waals surface area (Å²) < 4.78 is 0. The third kappa shape index (κ3) is 2.94. The van der Waals surface area contributed by atoms with Gasteiger partial charge < -0.3 is 4.90 Å². The number of aromatic nitrogens is 1. The lowest BCUT2D eigenvalue weighted by Gasteiger charge is -2.22. The number of nitrogens with zero attached hydrogens (tertiary/aromatic N) is 2. The zero-order valence-electron chi connectivity index (χ0n) is 10.4. The van der Waals surface area contributed by atoms with Gasteiger partial charge in [0.05, 0.1) is 6.54 Å². The van der Waals surface area contributed by atoms with Gasteiger partial charge in [0.1, 0.15) is 0 Å². The summed E-state index contributed by atoms with van der Waals surface area (Å²) in [7, 11) is 0. The van der Waals surface area contributed by atoms with Crippen LogP contribution in [0.1, 0.15) is 18.9 Å². The van der Waals surface area contributed by atoms with E-state index in [-0.39, 0.29) is 5.91 Å². The first-order chi connectivity index (χ1) is 8.81. The molecule has 0 unspecified atom stereocenters. The van der Waals surface area contributed by atoms with Crippen molar-refractivity contribution in [3.63, 3.8) is 0 Å². The Hall–Kier alpha value is -2.16. The smallest absolute Gasteiger partial charge is 0.227 e. The summed E-state index contributed by atoms with van der Waals surface area (Å²) in [5.74, 6) is 0.116. The van der Waals surface area contributed by atoms with Gasteiger partial charge in [-0.1, -0.05) is 37.3 Å². The average molecular weight is 240 g/mol. The molecule has 1 amide bonds. The van der Waals surface area contributed by atoms with E-state index in [1.54, 1.807) is 17.3 Å². The molecular formula is C15H16N2O. The second-order valence-electron chi connectivity index (χ2n) is 4.02. The minimum atomic E-state index is 0.116. The van der Waals surface area contributed by atoms with Crippen LogP contribution in [-0.2, 0) is 11.3 Å². The fourth-order valence-corrected chi connectivity index (χ4v) is 1.80. The SMILES string of the molecule is CCC(=O)N(Cc1ccccc1)c1ccncc1. The predicted molar refractivity (Wildman–Crippen MR) is 72.2 cm³/mol. The van der Waals surface area contributed by atoms with Crippen molar-refractivity contribution in [2.24, 2.45) is 0 Å². The highest BCUT2D eigenvalue weighted by Gasteiger charge is 2.13. The van der Waals surface area contributed by atoms with E-state index in [9.17, 15) is 4.79 Å². The van der Waals surface area contributed by atoms with Crippen molar-refractivity contribution in [2.75, 3.05) is 4.90 Å². The highest BCUT2D eigenvalue weighted by Crippen LogP contribution is 2.17. The summed E-state index contributed by atoms with van der Waals surface area (Å²) in [6.07, 6.45) is 3.90. The van der Waals surface area contributed by atoms with Crippen LogP contribution >= 0.6 is 0 Å². The fraction of sp³-hybridized carbons (Fsp3) is 0.200. The molecule has 2 rings (SSSR count). The van der Waals surface area contributed by atoms with E-state index in [0.29, 0.717) is 13.0 Å². The third-order valence-corrected chi connectivity index (χ3v) is 2.76. The highest BCUT2D eigenvalue weighted by atomic mass is 16.2. The number of rotatable bonds is 4. The minimum Gasteiger partial charge on any atom is -0.308 e. The van der Waals surface area contributed by atoms with Crippen LogP contribution in [0.4, 0.5) is 5.69 Å². The van der Waals surface area contributed by atoms with Gasteiger partial charge in [0, 0.05) is 24.5 Å². The Labute approximate surface area is 107 Å². The first-order valence-corrected chi connectivity index (χ1v) is 6.05. The molecule has 2 aromatic rings. The summed E-state index contributed by atoms with van der Waals surface area (Å²) >= 11 is 0. The molecule has 1 aromatic carbocycles. The molecule has 0 radical (unpaired) electrons. The van der Waals surface area contributed by atoms with E-state index in [4.69, 9.17) is 0 Å². The van der Waals surface area contributed by atoms with Crippen LogP contribution < -0.4 is 4.90 Å². The summed E-state index contributed by atoms with van der Waals surface area (Å²) in [5, 5.41) is 0. The first kappa shape index (κ1) is 12.3. The number of hydrogen-bond donors (Lipinski definition) is 0. The van der Waals surface area contributed by atoms with E-state index < -0.39 is 0 Å². The van der Waals surface area contributed by atoms with Crippen LogP contribution in [0.3, 0.4) is 0 Å². The fourth-order valence-electron chi connectivity index (χ4n) is 1.80. The third-order valence-electron chi connectivity index (χ3n) is 2.76. The molecule has 3 heteroatoms. The van der Waals surface area contributed by atoms with Crippen molar-refractivity contribution in [3.05, 3.63) is 60.4 Å². The van der Waals surface area contributed by atoms with Gasteiger partial charge in [0.15, 0.2) is 0 Å². The molecule has 18 heavy (non-hydrogen) atoms. The van der Waals surface area contributed by atoms with Gasteiger partial charge in [-0.05, 0) is 17.7 Å². The molecule has 3 nitrogen and oxygen atoms in total. The van der Waals surface area contributed by atoms with Gasteiger partial charge in [-0.3, -0.25) is 9.78 Å². The molecule has 0 aliphatic heterocycles. The molecule has 0 saturated heterocycles. The number of anilines is 1. The number of carbonyl (C=O) groups excluding carboxylic acids is 1. The highest BCUT2D eigenvalue weighted by molar-refractivity contribution is 5.92. The van der Waals surface area contributed by atoms with Crippen molar-refractivity contribution in [1.82, 2.24) is 4.98 Å². The Morgan fingerprint density at radius 2 is 1.78 bits per heavy atom. The molecule has 0 atom stereocenters. The Balaban J connectivity index is 2.24. The van der Waals surface area contributed by atoms with E-state index in [0.717, 1.165) is 11.3 Å². The summed E-state index contributed by atoms with van der Waals surface area (Å²) in [6.45, 7) is 2.47. The van der Waals surface area contributed by atoms with E-state index in [1.807, 2.05) is 49.4 Å². The van der Waals surface area contributed by atoms with Crippen LogP contribution in [0, 0.1) is 0 Å². The second kappa shape index (κ2) is 5.96. The minimum absolute atomic E-state index is 0.116. The molecule has 1 aromatic heterocycles. The number of pyridine rings is 1. The first-order valence-electron chi connectivity index (χ1n) is 6.05. The Morgan fingerprint density at radius 1 is 1.11 bits per heavy atom. The Morgan fingerprint density at radius 3 is 2.39 bits per heavy atom. The largest absolute Gasteiger partial charge is 0.308 e. The van der Waals surface area contributed by atoms with Crippen LogP contribution in [0.25, 0.3) is 0 Å². The number of hydrogen-bond acceptors (Lipinski definition) is 2. The molecule has 0 aliphatic rings. The summed E-state index contributed by atoms with van der Waals surface area (Å²) in [4.78, 5) is 17.8. The molecule has 0 spiro atoms. The van der Waals surface area contributed by atoms with Crippen LogP contribution in [0.2, 0.25) is 0 Å². The average Bonchev–Trinajstić information content (AvgIpc) is 2.46. The lowest BCUT2D eigenvalue weighted by atomic mass is 10.2. The number of carbonyl (C=O) groups is 1. The van der Waals surface area contributed by atoms with Crippen molar-refractivity contribution < 1.29 is 4.79 Å². The molecule has 92 valence electrons. The molecule has 0 saturated carbocycles. The Bertz CT molecular complexity index is 496. The van der Waals surface area contributed by atoms with Crippen molar-refractivity contribution >= 4 is 11.6 Å². The van der Waals surface area contributed by atoms with Crippen molar-refractivity contribution in [2.45, 2.75) is 19.9 Å². The van der Waals surface area contributed by atoms with Gasteiger partial charge in [0.25, 0.3) is 0 Å².